The minimum Gasteiger partial charge on any atom is -0.315 e. The van der Waals surface area contributed by atoms with E-state index in [0.29, 0.717) is 0 Å². The van der Waals surface area contributed by atoms with Gasteiger partial charge in [0.25, 0.3) is 0 Å². The van der Waals surface area contributed by atoms with Crippen molar-refractivity contribution < 1.29 is 0 Å². The predicted molar refractivity (Wildman–Crippen MR) is 71.8 cm³/mol. The third-order valence-corrected chi connectivity index (χ3v) is 3.73. The van der Waals surface area contributed by atoms with Crippen LogP contribution >= 0.6 is 0 Å². The molecule has 2 heteroatoms. The average molecular weight is 226 g/mol. The van der Waals surface area contributed by atoms with Crippen molar-refractivity contribution in [3.63, 3.8) is 0 Å². The minimum atomic E-state index is 0.734. The van der Waals surface area contributed by atoms with Crippen molar-refractivity contribution in [2.24, 2.45) is 5.92 Å². The number of rotatable bonds is 5. The molecule has 1 saturated heterocycles. The van der Waals surface area contributed by atoms with Gasteiger partial charge in [-0.05, 0) is 38.4 Å². The van der Waals surface area contributed by atoms with Crippen molar-refractivity contribution >= 4 is 0 Å². The Balaban J connectivity index is 2.45. The van der Waals surface area contributed by atoms with E-state index < -0.39 is 0 Å². The lowest BCUT2D eigenvalue weighted by Crippen LogP contribution is -2.46. The van der Waals surface area contributed by atoms with Crippen LogP contribution in [-0.4, -0.2) is 37.1 Å². The Kier molecular flexibility index (Phi) is 7.06. The van der Waals surface area contributed by atoms with Crippen molar-refractivity contribution in [3.05, 3.63) is 0 Å². The lowest BCUT2D eigenvalue weighted by Gasteiger charge is -2.35. The summed E-state index contributed by atoms with van der Waals surface area (Å²) in [7, 11) is 0. The van der Waals surface area contributed by atoms with Gasteiger partial charge in [-0.1, -0.05) is 40.0 Å². The van der Waals surface area contributed by atoms with Gasteiger partial charge in [0.1, 0.15) is 0 Å². The summed E-state index contributed by atoms with van der Waals surface area (Å²) in [6, 6.07) is 0.734. The maximum atomic E-state index is 3.52. The quantitative estimate of drug-likeness (QED) is 0.775. The molecule has 1 atom stereocenters. The first-order valence-corrected chi connectivity index (χ1v) is 7.20. The van der Waals surface area contributed by atoms with E-state index in [-0.39, 0.29) is 0 Å². The Labute approximate surface area is 102 Å². The zero-order valence-corrected chi connectivity index (χ0v) is 11.5. The largest absolute Gasteiger partial charge is 0.315 e. The van der Waals surface area contributed by atoms with Gasteiger partial charge in [-0.3, -0.25) is 4.90 Å². The highest BCUT2D eigenvalue weighted by Gasteiger charge is 2.21. The van der Waals surface area contributed by atoms with E-state index in [1.807, 2.05) is 0 Å². The van der Waals surface area contributed by atoms with E-state index in [0.717, 1.165) is 25.0 Å². The molecule has 0 bridgehead atoms. The number of nitrogens with one attached hydrogen (secondary N) is 1. The molecule has 0 radical (unpaired) electrons. The SMILES string of the molecule is CCNCC(C(C)C)N1CCCCCCC1. The molecule has 1 aliphatic rings. The average Bonchev–Trinajstić information content (AvgIpc) is 2.20. The lowest BCUT2D eigenvalue weighted by atomic mass is 9.99. The molecule has 0 spiro atoms. The summed E-state index contributed by atoms with van der Waals surface area (Å²) >= 11 is 0. The highest BCUT2D eigenvalue weighted by Crippen LogP contribution is 2.16. The molecule has 0 saturated carbocycles. The second kappa shape index (κ2) is 8.08. The Morgan fingerprint density at radius 3 is 2.06 bits per heavy atom. The minimum absolute atomic E-state index is 0.734. The molecule has 1 aliphatic heterocycles. The van der Waals surface area contributed by atoms with Gasteiger partial charge in [-0.25, -0.2) is 0 Å². The third-order valence-electron chi connectivity index (χ3n) is 3.73. The van der Waals surface area contributed by atoms with Crippen LogP contribution in [0.3, 0.4) is 0 Å². The van der Waals surface area contributed by atoms with Gasteiger partial charge >= 0.3 is 0 Å². The maximum Gasteiger partial charge on any atom is 0.0243 e. The molecule has 1 fully saturated rings. The normalized spacial score (nSPS) is 21.8. The smallest absolute Gasteiger partial charge is 0.0243 e. The highest BCUT2D eigenvalue weighted by atomic mass is 15.2. The third kappa shape index (κ3) is 4.84. The fourth-order valence-electron chi connectivity index (χ4n) is 2.68. The van der Waals surface area contributed by atoms with E-state index in [1.165, 1.54) is 45.2 Å². The first-order valence-electron chi connectivity index (χ1n) is 7.20. The van der Waals surface area contributed by atoms with Crippen LogP contribution < -0.4 is 5.32 Å². The number of hydrogen-bond donors (Lipinski definition) is 1. The summed E-state index contributed by atoms with van der Waals surface area (Å²) in [6.07, 6.45) is 7.11. The molecular weight excluding hydrogens is 196 g/mol. The van der Waals surface area contributed by atoms with Crippen LogP contribution in [0.4, 0.5) is 0 Å². The molecule has 16 heavy (non-hydrogen) atoms. The van der Waals surface area contributed by atoms with Crippen molar-refractivity contribution in [1.29, 1.82) is 0 Å². The predicted octanol–water partition coefficient (Wildman–Crippen LogP) is 2.89. The van der Waals surface area contributed by atoms with Crippen LogP contribution in [0.15, 0.2) is 0 Å². The summed E-state index contributed by atoms with van der Waals surface area (Å²) in [5, 5.41) is 3.52. The summed E-state index contributed by atoms with van der Waals surface area (Å²) in [4.78, 5) is 2.73. The Morgan fingerprint density at radius 2 is 1.56 bits per heavy atom. The van der Waals surface area contributed by atoms with Gasteiger partial charge in [-0.2, -0.15) is 0 Å². The highest BCUT2D eigenvalue weighted by molar-refractivity contribution is 4.78. The zero-order valence-electron chi connectivity index (χ0n) is 11.5. The number of likely N-dealkylation sites (tertiary alicyclic amines) is 1. The van der Waals surface area contributed by atoms with Crippen molar-refractivity contribution in [2.45, 2.75) is 58.9 Å². The van der Waals surface area contributed by atoms with E-state index in [1.54, 1.807) is 0 Å². The maximum absolute atomic E-state index is 3.52. The van der Waals surface area contributed by atoms with Gasteiger partial charge < -0.3 is 5.32 Å². The van der Waals surface area contributed by atoms with Gasteiger partial charge in [0, 0.05) is 12.6 Å². The molecule has 1 unspecified atom stereocenters. The molecule has 0 amide bonds. The number of likely N-dealkylation sites (N-methyl/N-ethyl adjacent to an activating group) is 1. The standard InChI is InChI=1S/C14H30N2/c1-4-15-12-14(13(2)3)16-10-8-6-5-7-9-11-16/h13-15H,4-12H2,1-3H3. The second-order valence-corrected chi connectivity index (χ2v) is 5.42. The Hall–Kier alpha value is -0.0800. The lowest BCUT2D eigenvalue weighted by molar-refractivity contribution is 0.139. The molecule has 0 aliphatic carbocycles. The van der Waals surface area contributed by atoms with E-state index >= 15 is 0 Å². The van der Waals surface area contributed by atoms with Crippen LogP contribution in [-0.2, 0) is 0 Å². The van der Waals surface area contributed by atoms with Crippen LogP contribution in [0, 0.1) is 5.92 Å². The number of nitrogens with zero attached hydrogens (tertiary/aromatic N) is 1. The van der Waals surface area contributed by atoms with Gasteiger partial charge in [0.05, 0.1) is 0 Å². The number of hydrogen-bond acceptors (Lipinski definition) is 2. The van der Waals surface area contributed by atoms with E-state index in [4.69, 9.17) is 0 Å². The molecule has 1 heterocycles. The molecule has 1 N–H and O–H groups in total. The fraction of sp³-hybridized carbons (Fsp3) is 1.00. The summed E-state index contributed by atoms with van der Waals surface area (Å²) in [6.45, 7) is 11.8. The summed E-state index contributed by atoms with van der Waals surface area (Å²) in [5.41, 5.74) is 0. The fourth-order valence-corrected chi connectivity index (χ4v) is 2.68. The van der Waals surface area contributed by atoms with Crippen molar-refractivity contribution in [2.75, 3.05) is 26.2 Å². The first-order chi connectivity index (χ1) is 7.75. The Bertz CT molecular complexity index is 160. The topological polar surface area (TPSA) is 15.3 Å². The molecule has 0 aromatic heterocycles. The van der Waals surface area contributed by atoms with Crippen LogP contribution in [0.25, 0.3) is 0 Å². The van der Waals surface area contributed by atoms with Crippen LogP contribution in [0.5, 0.6) is 0 Å². The monoisotopic (exact) mass is 226 g/mol. The first kappa shape index (κ1) is 14.0. The van der Waals surface area contributed by atoms with Gasteiger partial charge in [0.15, 0.2) is 0 Å². The van der Waals surface area contributed by atoms with Crippen LogP contribution in [0.2, 0.25) is 0 Å². The molecular formula is C14H30N2. The van der Waals surface area contributed by atoms with Crippen molar-refractivity contribution in [3.8, 4) is 0 Å². The summed E-state index contributed by atoms with van der Waals surface area (Å²) < 4.78 is 0. The molecule has 96 valence electrons. The van der Waals surface area contributed by atoms with Gasteiger partial charge in [-0.15, -0.1) is 0 Å². The second-order valence-electron chi connectivity index (χ2n) is 5.42. The van der Waals surface area contributed by atoms with Crippen LogP contribution in [0.1, 0.15) is 52.9 Å². The van der Waals surface area contributed by atoms with Gasteiger partial charge in [0.2, 0.25) is 0 Å². The van der Waals surface area contributed by atoms with E-state index in [9.17, 15) is 0 Å². The summed E-state index contributed by atoms with van der Waals surface area (Å²) in [5.74, 6) is 0.762. The molecule has 0 aromatic carbocycles. The molecule has 2 nitrogen and oxygen atoms in total. The van der Waals surface area contributed by atoms with Crippen molar-refractivity contribution in [1.82, 2.24) is 10.2 Å². The Morgan fingerprint density at radius 1 is 1.00 bits per heavy atom. The molecule has 1 rings (SSSR count). The molecule has 0 aromatic rings. The zero-order chi connectivity index (χ0) is 11.8. The van der Waals surface area contributed by atoms with E-state index in [2.05, 4.69) is 31.0 Å².